The molecule has 0 heterocycles. The molecule has 0 saturated carbocycles. The zero-order valence-corrected chi connectivity index (χ0v) is 10.2. The molecular formula is C12H10FSb. The maximum atomic E-state index is 14.1. The summed E-state index contributed by atoms with van der Waals surface area (Å²) in [6.45, 7) is 0. The topological polar surface area (TPSA) is 0 Å². The van der Waals surface area contributed by atoms with E-state index in [0.717, 1.165) is 7.02 Å². The Kier molecular flexibility index (Phi) is 3.21. The van der Waals surface area contributed by atoms with E-state index in [1.807, 2.05) is 60.7 Å². The fraction of sp³-hybridized carbons (Fsp3) is 0. The van der Waals surface area contributed by atoms with Gasteiger partial charge in [-0.1, -0.05) is 0 Å². The second kappa shape index (κ2) is 4.61. The summed E-state index contributed by atoms with van der Waals surface area (Å²) in [4.78, 5) is 0. The Balaban J connectivity index is 2.30. The van der Waals surface area contributed by atoms with Gasteiger partial charge in [0.15, 0.2) is 0 Å². The summed E-state index contributed by atoms with van der Waals surface area (Å²) < 4.78 is 15.8. The van der Waals surface area contributed by atoms with E-state index in [1.165, 1.54) is 0 Å². The molecule has 2 aromatic rings. The number of benzene rings is 2. The molecule has 0 radical (unpaired) electrons. The SMILES string of the molecule is [F][Sb]([c]1ccccc1)[c]1ccccc1. The van der Waals surface area contributed by atoms with Gasteiger partial charge in [-0.05, 0) is 0 Å². The van der Waals surface area contributed by atoms with E-state index in [2.05, 4.69) is 0 Å². The van der Waals surface area contributed by atoms with Gasteiger partial charge in [0, 0.05) is 0 Å². The minimum atomic E-state index is -2.87. The minimum absolute atomic E-state index is 0.890. The molecule has 0 aromatic heterocycles. The average molecular weight is 295 g/mol. The van der Waals surface area contributed by atoms with Crippen LogP contribution in [0.5, 0.6) is 0 Å². The van der Waals surface area contributed by atoms with Gasteiger partial charge in [-0.15, -0.1) is 0 Å². The Morgan fingerprint density at radius 3 is 1.36 bits per heavy atom. The molecule has 0 aliphatic heterocycles. The van der Waals surface area contributed by atoms with Gasteiger partial charge in [-0.2, -0.15) is 0 Å². The van der Waals surface area contributed by atoms with Crippen LogP contribution in [0.3, 0.4) is 0 Å². The standard InChI is InChI=1S/2C6H5.FH.Sb/c2*1-2-4-6-5-3-1;;/h2*1-5H;1H;/q;;;+1/p-1. The van der Waals surface area contributed by atoms with Crippen molar-refractivity contribution in [2.24, 2.45) is 0 Å². The molecule has 0 saturated heterocycles. The van der Waals surface area contributed by atoms with E-state index >= 15 is 0 Å². The second-order valence-electron chi connectivity index (χ2n) is 2.95. The van der Waals surface area contributed by atoms with Crippen molar-refractivity contribution in [2.75, 3.05) is 0 Å². The van der Waals surface area contributed by atoms with Crippen LogP contribution in [-0.2, 0) is 0 Å². The number of rotatable bonds is 2. The van der Waals surface area contributed by atoms with Crippen molar-refractivity contribution in [3.63, 3.8) is 0 Å². The van der Waals surface area contributed by atoms with Crippen molar-refractivity contribution in [3.8, 4) is 0 Å². The third-order valence-electron chi connectivity index (χ3n) is 1.97. The fourth-order valence-electron chi connectivity index (χ4n) is 1.27. The molecule has 0 aliphatic carbocycles. The van der Waals surface area contributed by atoms with Crippen LogP contribution in [0.25, 0.3) is 0 Å². The third-order valence-corrected chi connectivity index (χ3v) is 6.26. The van der Waals surface area contributed by atoms with Crippen LogP contribution in [-0.4, -0.2) is 20.8 Å². The molecule has 0 amide bonds. The zero-order valence-electron chi connectivity index (χ0n) is 7.60. The zero-order chi connectivity index (χ0) is 9.80. The van der Waals surface area contributed by atoms with Gasteiger partial charge in [0.2, 0.25) is 0 Å². The van der Waals surface area contributed by atoms with Crippen molar-refractivity contribution >= 4 is 27.8 Å². The summed E-state index contributed by atoms with van der Waals surface area (Å²) in [5.41, 5.74) is 0. The van der Waals surface area contributed by atoms with Crippen molar-refractivity contribution < 1.29 is 2.81 Å². The molecule has 2 heteroatoms. The van der Waals surface area contributed by atoms with Gasteiger partial charge in [-0.25, -0.2) is 0 Å². The summed E-state index contributed by atoms with van der Waals surface area (Å²) in [5.74, 6) is 0. The van der Waals surface area contributed by atoms with Gasteiger partial charge in [0.25, 0.3) is 0 Å². The van der Waals surface area contributed by atoms with E-state index in [-0.39, 0.29) is 0 Å². The Hall–Kier alpha value is -0.812. The van der Waals surface area contributed by atoms with E-state index < -0.39 is 20.8 Å². The molecule has 70 valence electrons. The van der Waals surface area contributed by atoms with E-state index in [0.29, 0.717) is 0 Å². The van der Waals surface area contributed by atoms with Crippen LogP contribution in [0.1, 0.15) is 0 Å². The van der Waals surface area contributed by atoms with Crippen molar-refractivity contribution in [1.82, 2.24) is 0 Å². The molecule has 0 bridgehead atoms. The molecule has 0 nitrogen and oxygen atoms in total. The molecule has 0 fully saturated rings. The van der Waals surface area contributed by atoms with E-state index in [4.69, 9.17) is 0 Å². The molecule has 14 heavy (non-hydrogen) atoms. The van der Waals surface area contributed by atoms with Crippen LogP contribution in [0.15, 0.2) is 60.7 Å². The molecule has 0 aliphatic rings. The van der Waals surface area contributed by atoms with Crippen molar-refractivity contribution in [1.29, 1.82) is 0 Å². The van der Waals surface area contributed by atoms with Gasteiger partial charge in [0.05, 0.1) is 0 Å². The van der Waals surface area contributed by atoms with Gasteiger partial charge in [0.1, 0.15) is 0 Å². The predicted octanol–water partition coefficient (Wildman–Crippen LogP) is 1.76. The Morgan fingerprint density at radius 1 is 0.643 bits per heavy atom. The number of hydrogen-bond donors (Lipinski definition) is 0. The molecule has 2 aromatic carbocycles. The van der Waals surface area contributed by atoms with E-state index in [9.17, 15) is 2.81 Å². The van der Waals surface area contributed by atoms with Gasteiger partial charge >= 0.3 is 91.3 Å². The van der Waals surface area contributed by atoms with Gasteiger partial charge in [-0.3, -0.25) is 0 Å². The summed E-state index contributed by atoms with van der Waals surface area (Å²) in [6, 6.07) is 19.0. The molecule has 0 spiro atoms. The number of halogens is 1. The first-order valence-electron chi connectivity index (χ1n) is 4.44. The maximum absolute atomic E-state index is 14.1. The van der Waals surface area contributed by atoms with Crippen molar-refractivity contribution in [2.45, 2.75) is 0 Å². The normalized spacial score (nSPS) is 10.4. The fourth-order valence-corrected chi connectivity index (χ4v) is 4.59. The Labute approximate surface area is 91.2 Å². The number of hydrogen-bond acceptors (Lipinski definition) is 0. The summed E-state index contributed by atoms with van der Waals surface area (Å²) >= 11 is -2.87. The second-order valence-corrected chi connectivity index (χ2v) is 7.50. The van der Waals surface area contributed by atoms with Crippen LogP contribution in [0, 0.1) is 0 Å². The summed E-state index contributed by atoms with van der Waals surface area (Å²) in [5, 5.41) is 0. The van der Waals surface area contributed by atoms with Crippen LogP contribution < -0.4 is 7.02 Å². The van der Waals surface area contributed by atoms with Crippen molar-refractivity contribution in [3.05, 3.63) is 60.7 Å². The predicted molar refractivity (Wildman–Crippen MR) is 59.0 cm³/mol. The Morgan fingerprint density at radius 2 is 1.00 bits per heavy atom. The van der Waals surface area contributed by atoms with Crippen LogP contribution in [0.2, 0.25) is 0 Å². The van der Waals surface area contributed by atoms with Crippen LogP contribution >= 0.6 is 0 Å². The summed E-state index contributed by atoms with van der Waals surface area (Å²) in [6.07, 6.45) is 0. The molecule has 2 rings (SSSR count). The molecule has 0 atom stereocenters. The third kappa shape index (κ3) is 2.16. The Bertz CT molecular complexity index is 346. The first-order chi connectivity index (χ1) is 6.88. The average Bonchev–Trinajstić information content (AvgIpc) is 2.30. The quantitative estimate of drug-likeness (QED) is 0.741. The first kappa shape index (κ1) is 9.73. The van der Waals surface area contributed by atoms with Gasteiger partial charge < -0.3 is 0 Å². The van der Waals surface area contributed by atoms with E-state index in [1.54, 1.807) is 0 Å². The van der Waals surface area contributed by atoms with Crippen LogP contribution in [0.4, 0.5) is 2.81 Å². The molecule has 0 N–H and O–H groups in total. The first-order valence-corrected chi connectivity index (χ1v) is 7.96. The molecule has 0 unspecified atom stereocenters. The summed E-state index contributed by atoms with van der Waals surface area (Å²) in [7, 11) is 0. The molecular weight excluding hydrogens is 285 g/mol. The monoisotopic (exact) mass is 294 g/mol.